The van der Waals surface area contributed by atoms with Crippen LogP contribution in [0, 0.1) is 0 Å². The van der Waals surface area contributed by atoms with Gasteiger partial charge in [0.25, 0.3) is 0 Å². The van der Waals surface area contributed by atoms with E-state index >= 15 is 0 Å². The Hall–Kier alpha value is -1.74. The van der Waals surface area contributed by atoms with Crippen molar-refractivity contribution >= 4 is 57.1 Å². The van der Waals surface area contributed by atoms with Crippen LogP contribution < -0.4 is 5.32 Å². The Morgan fingerprint density at radius 2 is 2.12 bits per heavy atom. The number of aromatic nitrogens is 3. The average molecular weight is 409 g/mol. The summed E-state index contributed by atoms with van der Waals surface area (Å²) >= 11 is 10.3. The Bertz CT molecular complexity index is 876. The standard InChI is InChI=1S/C16H13ClN4OS3/c1-2-7-23-16-21-20-15(25-16)19-13(22)8-12-9-24-14(18-12)10-3-5-11(17)6-4-10/h2-6,9H,1,7-8H2,(H,19,20,22). The number of thiazole rings is 1. The molecule has 25 heavy (non-hydrogen) atoms. The second-order valence-electron chi connectivity index (χ2n) is 4.85. The Morgan fingerprint density at radius 3 is 2.88 bits per heavy atom. The molecule has 0 bridgehead atoms. The van der Waals surface area contributed by atoms with Gasteiger partial charge in [0.2, 0.25) is 11.0 Å². The van der Waals surface area contributed by atoms with Crippen LogP contribution in [0.1, 0.15) is 5.69 Å². The Kier molecular flexibility index (Phi) is 6.19. The Balaban J connectivity index is 1.59. The summed E-state index contributed by atoms with van der Waals surface area (Å²) < 4.78 is 0.800. The van der Waals surface area contributed by atoms with E-state index < -0.39 is 0 Å². The van der Waals surface area contributed by atoms with Crippen LogP contribution in [-0.4, -0.2) is 26.8 Å². The fourth-order valence-electron chi connectivity index (χ4n) is 1.89. The van der Waals surface area contributed by atoms with Crippen molar-refractivity contribution in [2.75, 3.05) is 11.1 Å². The number of halogens is 1. The third-order valence-electron chi connectivity index (χ3n) is 2.96. The highest BCUT2D eigenvalue weighted by molar-refractivity contribution is 8.01. The zero-order valence-electron chi connectivity index (χ0n) is 12.9. The highest BCUT2D eigenvalue weighted by atomic mass is 35.5. The highest BCUT2D eigenvalue weighted by Gasteiger charge is 2.12. The van der Waals surface area contributed by atoms with E-state index in [2.05, 4.69) is 27.1 Å². The third kappa shape index (κ3) is 5.12. The number of hydrogen-bond acceptors (Lipinski definition) is 7. The molecular weight excluding hydrogens is 396 g/mol. The molecule has 0 atom stereocenters. The van der Waals surface area contributed by atoms with E-state index in [0.29, 0.717) is 10.2 Å². The molecule has 3 rings (SSSR count). The predicted molar refractivity (Wildman–Crippen MR) is 106 cm³/mol. The minimum atomic E-state index is -0.163. The summed E-state index contributed by atoms with van der Waals surface area (Å²) in [5, 5.41) is 14.6. The zero-order valence-corrected chi connectivity index (χ0v) is 16.1. The summed E-state index contributed by atoms with van der Waals surface area (Å²) in [4.78, 5) is 16.7. The summed E-state index contributed by atoms with van der Waals surface area (Å²) in [6, 6.07) is 7.47. The fourth-order valence-corrected chi connectivity index (χ4v) is 4.37. The van der Waals surface area contributed by atoms with Crippen molar-refractivity contribution in [1.82, 2.24) is 15.2 Å². The van der Waals surface area contributed by atoms with Gasteiger partial charge in [-0.3, -0.25) is 4.79 Å². The first kappa shape index (κ1) is 18.1. The van der Waals surface area contributed by atoms with Crippen molar-refractivity contribution < 1.29 is 4.79 Å². The van der Waals surface area contributed by atoms with Gasteiger partial charge >= 0.3 is 0 Å². The van der Waals surface area contributed by atoms with Gasteiger partial charge in [0.05, 0.1) is 12.1 Å². The molecule has 3 aromatic rings. The molecule has 2 aromatic heterocycles. The SMILES string of the molecule is C=CCSc1nnc(NC(=O)Cc2csc(-c3ccc(Cl)cc3)n2)s1. The van der Waals surface area contributed by atoms with Crippen LogP contribution in [0.15, 0.2) is 46.6 Å². The van der Waals surface area contributed by atoms with Gasteiger partial charge in [0.15, 0.2) is 4.34 Å². The normalized spacial score (nSPS) is 10.6. The minimum absolute atomic E-state index is 0.163. The van der Waals surface area contributed by atoms with Crippen molar-refractivity contribution in [2.24, 2.45) is 0 Å². The van der Waals surface area contributed by atoms with Gasteiger partial charge in [-0.1, -0.05) is 52.9 Å². The number of amides is 1. The lowest BCUT2D eigenvalue weighted by Crippen LogP contribution is -2.14. The average Bonchev–Trinajstić information content (AvgIpc) is 3.23. The highest BCUT2D eigenvalue weighted by Crippen LogP contribution is 2.27. The molecule has 0 aliphatic rings. The van der Waals surface area contributed by atoms with Crippen LogP contribution in [0.3, 0.4) is 0 Å². The van der Waals surface area contributed by atoms with Crippen molar-refractivity contribution in [3.63, 3.8) is 0 Å². The molecule has 0 saturated heterocycles. The second-order valence-corrected chi connectivity index (χ2v) is 8.39. The molecule has 0 aliphatic carbocycles. The van der Waals surface area contributed by atoms with Gasteiger partial charge < -0.3 is 5.32 Å². The molecule has 0 saturated carbocycles. The number of thioether (sulfide) groups is 1. The maximum atomic E-state index is 12.1. The number of nitrogens with one attached hydrogen (secondary N) is 1. The lowest BCUT2D eigenvalue weighted by molar-refractivity contribution is -0.115. The van der Waals surface area contributed by atoms with Gasteiger partial charge in [-0.05, 0) is 12.1 Å². The lowest BCUT2D eigenvalue weighted by atomic mass is 10.2. The van der Waals surface area contributed by atoms with E-state index in [0.717, 1.165) is 26.4 Å². The number of nitrogens with zero attached hydrogens (tertiary/aromatic N) is 3. The molecule has 9 heteroatoms. The van der Waals surface area contributed by atoms with E-state index in [1.165, 1.54) is 34.4 Å². The van der Waals surface area contributed by atoms with Crippen LogP contribution in [0.2, 0.25) is 5.02 Å². The van der Waals surface area contributed by atoms with E-state index in [1.54, 1.807) is 6.08 Å². The third-order valence-corrected chi connectivity index (χ3v) is 6.12. The first-order chi connectivity index (χ1) is 12.1. The molecule has 1 aromatic carbocycles. The minimum Gasteiger partial charge on any atom is -0.300 e. The summed E-state index contributed by atoms with van der Waals surface area (Å²) in [5.41, 5.74) is 1.70. The van der Waals surface area contributed by atoms with Gasteiger partial charge in [0, 0.05) is 21.7 Å². The number of benzene rings is 1. The summed E-state index contributed by atoms with van der Waals surface area (Å²) in [6.07, 6.45) is 1.99. The molecule has 0 aliphatic heterocycles. The number of carbonyl (C=O) groups is 1. The molecule has 1 amide bonds. The number of anilines is 1. The molecule has 0 spiro atoms. The van der Waals surface area contributed by atoms with Crippen molar-refractivity contribution in [3.8, 4) is 10.6 Å². The van der Waals surface area contributed by atoms with Gasteiger partial charge in [-0.25, -0.2) is 4.98 Å². The van der Waals surface area contributed by atoms with E-state index in [4.69, 9.17) is 11.6 Å². The van der Waals surface area contributed by atoms with Crippen molar-refractivity contribution in [2.45, 2.75) is 10.8 Å². The Morgan fingerprint density at radius 1 is 1.32 bits per heavy atom. The van der Waals surface area contributed by atoms with E-state index in [1.807, 2.05) is 29.6 Å². The summed E-state index contributed by atoms with van der Waals surface area (Å²) in [5.74, 6) is 0.596. The van der Waals surface area contributed by atoms with Gasteiger partial charge in [0.1, 0.15) is 5.01 Å². The van der Waals surface area contributed by atoms with Gasteiger partial charge in [-0.15, -0.1) is 28.1 Å². The largest absolute Gasteiger partial charge is 0.300 e. The number of hydrogen-bond donors (Lipinski definition) is 1. The molecule has 0 unspecified atom stereocenters. The molecule has 5 nitrogen and oxygen atoms in total. The molecule has 0 fully saturated rings. The second kappa shape index (κ2) is 8.57. The van der Waals surface area contributed by atoms with Crippen LogP contribution >= 0.6 is 46.0 Å². The monoisotopic (exact) mass is 408 g/mol. The molecular formula is C16H13ClN4OS3. The molecule has 128 valence electrons. The smallest absolute Gasteiger partial charge is 0.232 e. The molecule has 0 radical (unpaired) electrons. The maximum Gasteiger partial charge on any atom is 0.232 e. The lowest BCUT2D eigenvalue weighted by Gasteiger charge is -1.98. The quantitative estimate of drug-likeness (QED) is 0.346. The first-order valence-electron chi connectivity index (χ1n) is 7.21. The number of rotatable bonds is 7. The number of carbonyl (C=O) groups excluding carboxylic acids is 1. The summed E-state index contributed by atoms with van der Waals surface area (Å²) in [7, 11) is 0. The van der Waals surface area contributed by atoms with Crippen LogP contribution in [0.25, 0.3) is 10.6 Å². The summed E-state index contributed by atoms with van der Waals surface area (Å²) in [6.45, 7) is 3.66. The molecule has 1 N–H and O–H groups in total. The van der Waals surface area contributed by atoms with E-state index in [-0.39, 0.29) is 12.3 Å². The van der Waals surface area contributed by atoms with Gasteiger partial charge in [-0.2, -0.15) is 0 Å². The van der Waals surface area contributed by atoms with Crippen molar-refractivity contribution in [3.05, 3.63) is 53.0 Å². The Labute approximate surface area is 162 Å². The predicted octanol–water partition coefficient (Wildman–Crippen LogP) is 4.77. The maximum absolute atomic E-state index is 12.1. The van der Waals surface area contributed by atoms with E-state index in [9.17, 15) is 4.79 Å². The zero-order chi connectivity index (χ0) is 17.6. The molecule has 2 heterocycles. The van der Waals surface area contributed by atoms with Crippen LogP contribution in [0.5, 0.6) is 0 Å². The van der Waals surface area contributed by atoms with Crippen LogP contribution in [-0.2, 0) is 11.2 Å². The topological polar surface area (TPSA) is 67.8 Å². The van der Waals surface area contributed by atoms with Crippen molar-refractivity contribution in [1.29, 1.82) is 0 Å². The van der Waals surface area contributed by atoms with Crippen LogP contribution in [0.4, 0.5) is 5.13 Å². The fraction of sp³-hybridized carbons (Fsp3) is 0.125. The first-order valence-corrected chi connectivity index (χ1v) is 10.3.